The van der Waals surface area contributed by atoms with Crippen molar-refractivity contribution in [3.8, 4) is 0 Å². The Balaban J connectivity index is 1.87. The molecule has 1 aromatic heterocycles. The van der Waals surface area contributed by atoms with Gasteiger partial charge in [-0.05, 0) is 29.7 Å². The molecule has 0 spiro atoms. The summed E-state index contributed by atoms with van der Waals surface area (Å²) in [7, 11) is 0. The molecule has 2 nitrogen and oxygen atoms in total. The van der Waals surface area contributed by atoms with Gasteiger partial charge in [0.05, 0.1) is 4.90 Å². The van der Waals surface area contributed by atoms with Crippen LogP contribution in [0.2, 0.25) is 0 Å². The number of halogens is 1. The summed E-state index contributed by atoms with van der Waals surface area (Å²) < 4.78 is 6.52. The second-order valence-electron chi connectivity index (χ2n) is 5.03. The number of hydrogen-bond donors (Lipinski definition) is 0. The predicted octanol–water partition coefficient (Wildman–Crippen LogP) is 4.95. The molecule has 4 rings (SSSR count). The highest BCUT2D eigenvalue weighted by molar-refractivity contribution is 9.10. The van der Waals surface area contributed by atoms with Crippen LogP contribution in [-0.2, 0) is 6.42 Å². The van der Waals surface area contributed by atoms with Crippen molar-refractivity contribution in [3.63, 3.8) is 0 Å². The number of fused-ring (bicyclic) bond motifs is 3. The van der Waals surface area contributed by atoms with Crippen molar-refractivity contribution in [2.24, 2.45) is 0 Å². The number of thioether (sulfide) groups is 1. The molecule has 0 radical (unpaired) electrons. The van der Waals surface area contributed by atoms with Gasteiger partial charge in [-0.1, -0.05) is 52.3 Å². The molecule has 1 atom stereocenters. The summed E-state index contributed by atoms with van der Waals surface area (Å²) in [6.45, 7) is 0. The molecule has 2 aromatic carbocycles. The van der Waals surface area contributed by atoms with E-state index >= 15 is 0 Å². The minimum Gasteiger partial charge on any atom is -0.422 e. The van der Waals surface area contributed by atoms with Crippen LogP contribution in [0.4, 0.5) is 0 Å². The topological polar surface area (TPSA) is 30.2 Å². The van der Waals surface area contributed by atoms with Crippen LogP contribution in [0.5, 0.6) is 0 Å². The lowest BCUT2D eigenvalue weighted by Crippen LogP contribution is -2.02. The van der Waals surface area contributed by atoms with Crippen molar-refractivity contribution in [2.45, 2.75) is 16.6 Å². The second-order valence-corrected chi connectivity index (χ2v) is 7.09. The van der Waals surface area contributed by atoms with Crippen LogP contribution in [-0.4, -0.2) is 0 Å². The lowest BCUT2D eigenvalue weighted by atomic mass is 10.0. The fraction of sp³-hybridized carbons (Fsp3) is 0.118. The third-order valence-electron chi connectivity index (χ3n) is 3.78. The van der Waals surface area contributed by atoms with Crippen LogP contribution < -0.4 is 5.63 Å². The van der Waals surface area contributed by atoms with Gasteiger partial charge in [0.2, 0.25) is 0 Å². The monoisotopic (exact) mass is 358 g/mol. The van der Waals surface area contributed by atoms with E-state index in [1.807, 2.05) is 42.5 Å². The normalized spacial score (nSPS) is 17.1. The Kier molecular flexibility index (Phi) is 3.16. The zero-order valence-corrected chi connectivity index (χ0v) is 13.4. The molecule has 0 aliphatic carbocycles. The van der Waals surface area contributed by atoms with Crippen molar-refractivity contribution in [1.82, 2.24) is 0 Å². The molecule has 0 amide bonds. The molecule has 0 saturated carbocycles. The third kappa shape index (κ3) is 2.14. The molecule has 1 aliphatic heterocycles. The third-order valence-corrected chi connectivity index (χ3v) is 5.85. The highest BCUT2D eigenvalue weighted by atomic mass is 79.9. The van der Waals surface area contributed by atoms with E-state index in [1.54, 1.807) is 11.8 Å². The largest absolute Gasteiger partial charge is 0.422 e. The summed E-state index contributed by atoms with van der Waals surface area (Å²) in [4.78, 5) is 12.9. The molecule has 0 bridgehead atoms. The molecule has 21 heavy (non-hydrogen) atoms. The van der Waals surface area contributed by atoms with Crippen molar-refractivity contribution >= 4 is 38.7 Å². The fourth-order valence-electron chi connectivity index (χ4n) is 2.80. The average molecular weight is 359 g/mol. The SMILES string of the molecule is O=c1oc2ccccc2c2c1SC(c1ccccc1Br)C2. The predicted molar refractivity (Wildman–Crippen MR) is 88.9 cm³/mol. The number of hydrogen-bond acceptors (Lipinski definition) is 3. The van der Waals surface area contributed by atoms with Gasteiger partial charge in [-0.15, -0.1) is 11.8 Å². The Bertz CT molecular complexity index is 901. The van der Waals surface area contributed by atoms with Gasteiger partial charge in [-0.25, -0.2) is 4.79 Å². The molecule has 104 valence electrons. The Morgan fingerprint density at radius 2 is 1.86 bits per heavy atom. The van der Waals surface area contributed by atoms with Crippen molar-refractivity contribution in [2.75, 3.05) is 0 Å². The molecule has 0 fully saturated rings. The average Bonchev–Trinajstić information content (AvgIpc) is 2.94. The number of para-hydroxylation sites is 1. The van der Waals surface area contributed by atoms with Crippen LogP contribution in [0.1, 0.15) is 16.4 Å². The van der Waals surface area contributed by atoms with Gasteiger partial charge in [0.1, 0.15) is 5.58 Å². The van der Waals surface area contributed by atoms with E-state index < -0.39 is 0 Å². The Hall–Kier alpha value is -1.52. The fourth-order valence-corrected chi connectivity index (χ4v) is 4.85. The molecule has 4 heteroatoms. The van der Waals surface area contributed by atoms with Gasteiger partial charge in [-0.3, -0.25) is 0 Å². The van der Waals surface area contributed by atoms with Crippen molar-refractivity contribution < 1.29 is 4.42 Å². The van der Waals surface area contributed by atoms with Gasteiger partial charge in [-0.2, -0.15) is 0 Å². The van der Waals surface area contributed by atoms with Gasteiger partial charge in [0, 0.05) is 15.1 Å². The van der Waals surface area contributed by atoms with Crippen LogP contribution >= 0.6 is 27.7 Å². The number of benzene rings is 2. The second kappa shape index (κ2) is 5.04. The van der Waals surface area contributed by atoms with E-state index in [1.165, 1.54) is 5.56 Å². The van der Waals surface area contributed by atoms with Crippen LogP contribution in [0, 0.1) is 0 Å². The van der Waals surface area contributed by atoms with Crippen LogP contribution in [0.15, 0.2) is 67.1 Å². The zero-order valence-electron chi connectivity index (χ0n) is 11.0. The maximum absolute atomic E-state index is 12.2. The lowest BCUT2D eigenvalue weighted by molar-refractivity contribution is 0.542. The lowest BCUT2D eigenvalue weighted by Gasteiger charge is -2.10. The summed E-state index contributed by atoms with van der Waals surface area (Å²) in [6.07, 6.45) is 0.856. The Labute approximate surface area is 134 Å². The molecule has 3 aromatic rings. The van der Waals surface area contributed by atoms with E-state index in [0.717, 1.165) is 26.7 Å². The summed E-state index contributed by atoms with van der Waals surface area (Å²) in [5.41, 5.74) is 2.80. The molecular weight excluding hydrogens is 348 g/mol. The molecule has 0 saturated heterocycles. The summed E-state index contributed by atoms with van der Waals surface area (Å²) >= 11 is 5.21. The highest BCUT2D eigenvalue weighted by Crippen LogP contribution is 2.48. The minimum atomic E-state index is -0.219. The Morgan fingerprint density at radius 1 is 1.10 bits per heavy atom. The number of rotatable bonds is 1. The first-order valence-corrected chi connectivity index (χ1v) is 8.37. The maximum atomic E-state index is 12.2. The maximum Gasteiger partial charge on any atom is 0.350 e. The van der Waals surface area contributed by atoms with Crippen LogP contribution in [0.25, 0.3) is 11.0 Å². The molecule has 1 unspecified atom stereocenters. The first-order chi connectivity index (χ1) is 10.2. The summed E-state index contributed by atoms with van der Waals surface area (Å²) in [5.74, 6) is 0. The smallest absolute Gasteiger partial charge is 0.350 e. The first-order valence-electron chi connectivity index (χ1n) is 6.70. The van der Waals surface area contributed by atoms with Crippen molar-refractivity contribution in [1.29, 1.82) is 0 Å². The quantitative estimate of drug-likeness (QED) is 0.576. The first kappa shape index (κ1) is 13.2. The zero-order chi connectivity index (χ0) is 14.4. The molecule has 0 N–H and O–H groups in total. The molecular formula is C17H11BrO2S. The van der Waals surface area contributed by atoms with E-state index in [2.05, 4.69) is 22.0 Å². The van der Waals surface area contributed by atoms with Gasteiger partial charge in [0.15, 0.2) is 0 Å². The van der Waals surface area contributed by atoms with E-state index in [-0.39, 0.29) is 10.9 Å². The molecule has 2 heterocycles. The summed E-state index contributed by atoms with van der Waals surface area (Å²) in [5, 5.41) is 1.30. The standard InChI is InChI=1S/C17H11BrO2S/c18-13-7-3-1-6-11(13)15-9-12-10-5-2-4-8-14(10)20-17(19)16(12)21-15/h1-8,15H,9H2. The molecule has 1 aliphatic rings. The highest BCUT2D eigenvalue weighted by Gasteiger charge is 2.30. The summed E-state index contributed by atoms with van der Waals surface area (Å²) in [6, 6.07) is 15.9. The van der Waals surface area contributed by atoms with Gasteiger partial charge in [0.25, 0.3) is 0 Å². The van der Waals surface area contributed by atoms with Crippen molar-refractivity contribution in [3.05, 3.63) is 74.6 Å². The van der Waals surface area contributed by atoms with E-state index in [9.17, 15) is 4.79 Å². The Morgan fingerprint density at radius 3 is 2.71 bits per heavy atom. The van der Waals surface area contributed by atoms with Crippen LogP contribution in [0.3, 0.4) is 0 Å². The van der Waals surface area contributed by atoms with E-state index in [4.69, 9.17) is 4.42 Å². The van der Waals surface area contributed by atoms with E-state index in [0.29, 0.717) is 5.58 Å². The van der Waals surface area contributed by atoms with Gasteiger partial charge >= 0.3 is 5.63 Å². The van der Waals surface area contributed by atoms with Gasteiger partial charge < -0.3 is 4.42 Å². The minimum absolute atomic E-state index is 0.219.